The lowest BCUT2D eigenvalue weighted by Gasteiger charge is -2.30. The van der Waals surface area contributed by atoms with Crippen molar-refractivity contribution in [3.8, 4) is 0 Å². The number of hydrogen-bond donors (Lipinski definition) is 0. The maximum absolute atomic E-state index is 12.3. The van der Waals surface area contributed by atoms with E-state index in [0.29, 0.717) is 10.9 Å². The van der Waals surface area contributed by atoms with Crippen molar-refractivity contribution in [2.75, 3.05) is 20.6 Å². The summed E-state index contributed by atoms with van der Waals surface area (Å²) in [5.74, 6) is 0.827. The maximum Gasteiger partial charge on any atom is 0.242 e. The molecule has 0 heterocycles. The molecule has 134 valence electrons. The molecule has 5 heteroatoms. The van der Waals surface area contributed by atoms with Gasteiger partial charge in [0.05, 0.1) is 4.90 Å². The second-order valence-corrected chi connectivity index (χ2v) is 9.75. The van der Waals surface area contributed by atoms with Crippen molar-refractivity contribution >= 4 is 10.0 Å². The van der Waals surface area contributed by atoms with Gasteiger partial charge < -0.3 is 0 Å². The molecule has 24 heavy (non-hydrogen) atoms. The Morgan fingerprint density at radius 3 is 2.38 bits per heavy atom. The van der Waals surface area contributed by atoms with Gasteiger partial charge in [-0.25, -0.2) is 12.7 Å². The summed E-state index contributed by atoms with van der Waals surface area (Å²) in [6.45, 7) is 2.05. The Morgan fingerprint density at radius 1 is 1.04 bits per heavy atom. The second-order valence-electron chi connectivity index (χ2n) is 7.60. The summed E-state index contributed by atoms with van der Waals surface area (Å²) in [4.78, 5) is 3.00. The standard InChI is InChI=1S/C19H30N2O2S/c1-20(2)24(22,23)19-10-6-9-17(13-19)15-21(18-11-12-18)14-16-7-4-3-5-8-16/h6,9-10,13,16,18H,3-5,7-8,11-12,14-15H2,1-2H3. The van der Waals surface area contributed by atoms with Crippen LogP contribution in [0.15, 0.2) is 29.2 Å². The SMILES string of the molecule is CN(C)S(=O)(=O)c1cccc(CN(CC2CCCCC2)C2CC2)c1. The van der Waals surface area contributed by atoms with Crippen LogP contribution in [0, 0.1) is 5.92 Å². The van der Waals surface area contributed by atoms with E-state index >= 15 is 0 Å². The number of rotatable bonds is 7. The van der Waals surface area contributed by atoms with Crippen molar-refractivity contribution in [2.24, 2.45) is 5.92 Å². The molecule has 1 aromatic rings. The molecule has 2 aliphatic rings. The summed E-state index contributed by atoms with van der Waals surface area (Å²) in [5, 5.41) is 0. The zero-order valence-electron chi connectivity index (χ0n) is 14.9. The normalized spacial score (nSPS) is 20.0. The first-order valence-electron chi connectivity index (χ1n) is 9.22. The molecule has 4 nitrogen and oxygen atoms in total. The van der Waals surface area contributed by atoms with Gasteiger partial charge in [-0.2, -0.15) is 0 Å². The quantitative estimate of drug-likeness (QED) is 0.756. The zero-order valence-corrected chi connectivity index (χ0v) is 15.8. The average molecular weight is 351 g/mol. The first-order valence-corrected chi connectivity index (χ1v) is 10.7. The first-order chi connectivity index (χ1) is 11.5. The predicted octanol–water partition coefficient (Wildman–Crippen LogP) is 3.48. The fourth-order valence-corrected chi connectivity index (χ4v) is 4.71. The Kier molecular flexibility index (Phi) is 5.63. The van der Waals surface area contributed by atoms with Crippen molar-refractivity contribution in [3.63, 3.8) is 0 Å². The van der Waals surface area contributed by atoms with E-state index in [2.05, 4.69) is 11.0 Å². The summed E-state index contributed by atoms with van der Waals surface area (Å²) < 4.78 is 26.0. The smallest absolute Gasteiger partial charge is 0.242 e. The molecule has 1 aromatic carbocycles. The molecule has 2 fully saturated rings. The summed E-state index contributed by atoms with van der Waals surface area (Å²) in [5.41, 5.74) is 1.11. The van der Waals surface area contributed by atoms with Gasteiger partial charge in [-0.15, -0.1) is 0 Å². The van der Waals surface area contributed by atoms with E-state index in [1.165, 1.54) is 55.8 Å². The molecule has 2 aliphatic carbocycles. The summed E-state index contributed by atoms with van der Waals surface area (Å²) in [6.07, 6.45) is 9.45. The second kappa shape index (κ2) is 7.54. The monoisotopic (exact) mass is 350 g/mol. The van der Waals surface area contributed by atoms with Crippen molar-refractivity contribution in [3.05, 3.63) is 29.8 Å². The van der Waals surface area contributed by atoms with E-state index in [9.17, 15) is 8.42 Å². The number of sulfonamides is 1. The lowest BCUT2D eigenvalue weighted by molar-refractivity contribution is 0.185. The number of nitrogens with zero attached hydrogens (tertiary/aromatic N) is 2. The van der Waals surface area contributed by atoms with E-state index in [4.69, 9.17) is 0 Å². The Morgan fingerprint density at radius 2 is 1.75 bits per heavy atom. The minimum Gasteiger partial charge on any atom is -0.296 e. The van der Waals surface area contributed by atoms with Crippen LogP contribution in [-0.4, -0.2) is 44.3 Å². The van der Waals surface area contributed by atoms with Crippen LogP contribution in [0.5, 0.6) is 0 Å². The van der Waals surface area contributed by atoms with Crippen LogP contribution in [0.4, 0.5) is 0 Å². The Bertz CT molecular complexity index is 647. The molecule has 0 spiro atoms. The van der Waals surface area contributed by atoms with Crippen molar-refractivity contribution in [1.82, 2.24) is 9.21 Å². The van der Waals surface area contributed by atoms with Gasteiger partial charge in [0, 0.05) is 33.2 Å². The van der Waals surface area contributed by atoms with Crippen molar-refractivity contribution in [2.45, 2.75) is 62.4 Å². The van der Waals surface area contributed by atoms with Gasteiger partial charge >= 0.3 is 0 Å². The third-order valence-corrected chi connectivity index (χ3v) is 7.15. The van der Waals surface area contributed by atoms with Crippen LogP contribution < -0.4 is 0 Å². The fraction of sp³-hybridized carbons (Fsp3) is 0.684. The van der Waals surface area contributed by atoms with E-state index in [-0.39, 0.29) is 0 Å². The molecular formula is C19H30N2O2S. The molecule has 0 radical (unpaired) electrons. The molecule has 0 N–H and O–H groups in total. The predicted molar refractivity (Wildman–Crippen MR) is 97.3 cm³/mol. The van der Waals surface area contributed by atoms with Gasteiger partial charge in [-0.05, 0) is 49.3 Å². The largest absolute Gasteiger partial charge is 0.296 e. The van der Waals surface area contributed by atoms with E-state index < -0.39 is 10.0 Å². The van der Waals surface area contributed by atoms with Crippen LogP contribution in [0.2, 0.25) is 0 Å². The Labute approximate surface area is 146 Å². The highest BCUT2D eigenvalue weighted by Crippen LogP contribution is 2.32. The van der Waals surface area contributed by atoms with Gasteiger partial charge in [-0.3, -0.25) is 4.90 Å². The van der Waals surface area contributed by atoms with Crippen LogP contribution >= 0.6 is 0 Å². The molecule has 2 saturated carbocycles. The summed E-state index contributed by atoms with van der Waals surface area (Å²) >= 11 is 0. The molecule has 0 atom stereocenters. The highest BCUT2D eigenvalue weighted by atomic mass is 32.2. The van der Waals surface area contributed by atoms with Crippen molar-refractivity contribution in [1.29, 1.82) is 0 Å². The van der Waals surface area contributed by atoms with Crippen LogP contribution in [0.3, 0.4) is 0 Å². The van der Waals surface area contributed by atoms with Crippen molar-refractivity contribution < 1.29 is 8.42 Å². The zero-order chi connectivity index (χ0) is 17.2. The highest BCUT2D eigenvalue weighted by molar-refractivity contribution is 7.89. The van der Waals surface area contributed by atoms with Gasteiger partial charge in [0.15, 0.2) is 0 Å². The molecular weight excluding hydrogens is 320 g/mol. The fourth-order valence-electron chi connectivity index (χ4n) is 3.73. The minimum atomic E-state index is -3.35. The van der Waals surface area contributed by atoms with E-state index in [0.717, 1.165) is 18.0 Å². The topological polar surface area (TPSA) is 40.6 Å². The summed E-state index contributed by atoms with van der Waals surface area (Å²) in [7, 11) is -0.182. The molecule has 0 saturated heterocycles. The molecule has 0 aromatic heterocycles. The molecule has 0 amide bonds. The average Bonchev–Trinajstić information content (AvgIpc) is 3.40. The lowest BCUT2D eigenvalue weighted by Crippen LogP contribution is -2.32. The van der Waals surface area contributed by atoms with E-state index in [1.807, 2.05) is 12.1 Å². The first kappa shape index (κ1) is 17.9. The van der Waals surface area contributed by atoms with Crippen LogP contribution in [0.25, 0.3) is 0 Å². The number of hydrogen-bond acceptors (Lipinski definition) is 3. The maximum atomic E-state index is 12.3. The van der Waals surface area contributed by atoms with Crippen LogP contribution in [-0.2, 0) is 16.6 Å². The molecule has 0 aliphatic heterocycles. The highest BCUT2D eigenvalue weighted by Gasteiger charge is 2.31. The Balaban J connectivity index is 1.71. The van der Waals surface area contributed by atoms with Gasteiger partial charge in [0.2, 0.25) is 10.0 Å². The lowest BCUT2D eigenvalue weighted by atomic mass is 9.89. The molecule has 0 bridgehead atoms. The summed E-state index contributed by atoms with van der Waals surface area (Å²) in [6, 6.07) is 8.19. The third-order valence-electron chi connectivity index (χ3n) is 5.34. The third kappa shape index (κ3) is 4.38. The van der Waals surface area contributed by atoms with E-state index in [1.54, 1.807) is 20.2 Å². The molecule has 0 unspecified atom stereocenters. The van der Waals surface area contributed by atoms with Gasteiger partial charge in [-0.1, -0.05) is 31.4 Å². The minimum absolute atomic E-state index is 0.401. The number of benzene rings is 1. The van der Waals surface area contributed by atoms with Gasteiger partial charge in [0.1, 0.15) is 0 Å². The Hall–Kier alpha value is -0.910. The van der Waals surface area contributed by atoms with Gasteiger partial charge in [0.25, 0.3) is 0 Å². The van der Waals surface area contributed by atoms with Crippen LogP contribution in [0.1, 0.15) is 50.5 Å². The molecule has 3 rings (SSSR count).